The molecule has 1 saturated heterocycles. The third kappa shape index (κ3) is 7.59. The Labute approximate surface area is 286 Å². The third-order valence-corrected chi connectivity index (χ3v) is 9.27. The largest absolute Gasteiger partial charge is 0.492 e. The first-order valence-corrected chi connectivity index (χ1v) is 16.8. The van der Waals surface area contributed by atoms with Crippen LogP contribution in [-0.4, -0.2) is 83.1 Å². The SMILES string of the molecule is CCC(=O)N1c2ccccc2[C@H](Nc2ccc(-c3nnc(CNC(=O)c4ccc(OCCN5CCN(C)C(=O)C5C)cc4)o3)cc2)C[C@@H]1C. The molecule has 256 valence electrons. The van der Waals surface area contributed by atoms with Crippen LogP contribution in [0.4, 0.5) is 11.4 Å². The molecule has 0 saturated carbocycles. The van der Waals surface area contributed by atoms with E-state index < -0.39 is 0 Å². The maximum absolute atomic E-state index is 12.8. The summed E-state index contributed by atoms with van der Waals surface area (Å²) in [5.74, 6) is 1.29. The van der Waals surface area contributed by atoms with Crippen molar-refractivity contribution >= 4 is 29.1 Å². The van der Waals surface area contributed by atoms with E-state index in [4.69, 9.17) is 9.15 Å². The number of rotatable bonds is 11. The van der Waals surface area contributed by atoms with Crippen LogP contribution in [0.15, 0.2) is 77.2 Å². The zero-order chi connectivity index (χ0) is 34.5. The van der Waals surface area contributed by atoms with Crippen molar-refractivity contribution in [3.8, 4) is 17.2 Å². The molecule has 0 aliphatic carbocycles. The molecule has 2 N–H and O–H groups in total. The molecule has 4 aromatic rings. The van der Waals surface area contributed by atoms with Crippen LogP contribution < -0.4 is 20.3 Å². The van der Waals surface area contributed by atoms with E-state index in [1.807, 2.05) is 68.3 Å². The highest BCUT2D eigenvalue weighted by molar-refractivity contribution is 5.95. The highest BCUT2D eigenvalue weighted by atomic mass is 16.5. The van der Waals surface area contributed by atoms with Crippen molar-refractivity contribution in [3.05, 3.63) is 89.8 Å². The van der Waals surface area contributed by atoms with Crippen molar-refractivity contribution < 1.29 is 23.5 Å². The zero-order valence-corrected chi connectivity index (χ0v) is 28.4. The van der Waals surface area contributed by atoms with E-state index in [-0.39, 0.29) is 42.4 Å². The van der Waals surface area contributed by atoms with Gasteiger partial charge in [0.05, 0.1) is 18.6 Å². The topological polar surface area (TPSA) is 133 Å². The molecule has 0 radical (unpaired) electrons. The van der Waals surface area contributed by atoms with Crippen LogP contribution in [-0.2, 0) is 16.1 Å². The molecular weight excluding hydrogens is 622 g/mol. The molecule has 0 spiro atoms. The standard InChI is InChI=1S/C37H43N7O5/c1-5-34(45)44-24(2)22-31(30-8-6-7-9-32(30)44)39-28-14-10-27(11-15-28)36-41-40-33(49-36)23-38-35(46)26-12-16-29(17-13-26)48-21-20-43-19-18-42(4)37(47)25(43)3/h6-17,24-25,31,39H,5,18-23H2,1-4H3,(H,38,46)/t24-,25?,31+/m0/s1. The summed E-state index contributed by atoms with van der Waals surface area (Å²) in [6.45, 7) is 8.61. The summed E-state index contributed by atoms with van der Waals surface area (Å²) in [6, 6.07) is 22.7. The van der Waals surface area contributed by atoms with Gasteiger partial charge in [-0.1, -0.05) is 25.1 Å². The number of benzene rings is 3. The number of ether oxygens (including phenoxy) is 1. The molecule has 3 aromatic carbocycles. The quantitative estimate of drug-likeness (QED) is 0.230. The maximum atomic E-state index is 12.8. The van der Waals surface area contributed by atoms with Crippen LogP contribution in [0.3, 0.4) is 0 Å². The van der Waals surface area contributed by atoms with Gasteiger partial charge in [-0.05, 0) is 80.4 Å². The van der Waals surface area contributed by atoms with Gasteiger partial charge in [0.1, 0.15) is 12.4 Å². The molecule has 1 unspecified atom stereocenters. The Hall–Kier alpha value is -5.23. The number of hydrogen-bond donors (Lipinski definition) is 2. The second kappa shape index (κ2) is 14.9. The molecular formula is C37H43N7O5. The fourth-order valence-corrected chi connectivity index (χ4v) is 6.46. The molecule has 12 heteroatoms. The number of para-hydroxylation sites is 1. The Bertz CT molecular complexity index is 1770. The first-order chi connectivity index (χ1) is 23.7. The highest BCUT2D eigenvalue weighted by Crippen LogP contribution is 2.39. The summed E-state index contributed by atoms with van der Waals surface area (Å²) < 4.78 is 11.7. The number of anilines is 2. The van der Waals surface area contributed by atoms with Crippen molar-refractivity contribution in [1.29, 1.82) is 0 Å². The molecule has 49 heavy (non-hydrogen) atoms. The lowest BCUT2D eigenvalue weighted by molar-refractivity contribution is -0.139. The van der Waals surface area contributed by atoms with Crippen LogP contribution >= 0.6 is 0 Å². The number of aromatic nitrogens is 2. The molecule has 0 bridgehead atoms. The van der Waals surface area contributed by atoms with Crippen molar-refractivity contribution in [2.75, 3.05) is 43.5 Å². The number of carbonyl (C=O) groups is 3. The van der Waals surface area contributed by atoms with Crippen LogP contribution in [0.5, 0.6) is 5.75 Å². The molecule has 1 aromatic heterocycles. The molecule has 3 heterocycles. The van der Waals surface area contributed by atoms with Crippen LogP contribution in [0, 0.1) is 0 Å². The fraction of sp³-hybridized carbons (Fsp3) is 0.378. The van der Waals surface area contributed by atoms with Gasteiger partial charge in [-0.25, -0.2) is 0 Å². The summed E-state index contributed by atoms with van der Waals surface area (Å²) in [5, 5.41) is 14.7. The highest BCUT2D eigenvalue weighted by Gasteiger charge is 2.33. The van der Waals surface area contributed by atoms with Gasteiger partial charge >= 0.3 is 0 Å². The zero-order valence-electron chi connectivity index (χ0n) is 28.4. The smallest absolute Gasteiger partial charge is 0.251 e. The van der Waals surface area contributed by atoms with E-state index in [9.17, 15) is 14.4 Å². The van der Waals surface area contributed by atoms with Gasteiger partial charge in [0.15, 0.2) is 0 Å². The third-order valence-electron chi connectivity index (χ3n) is 9.27. The summed E-state index contributed by atoms with van der Waals surface area (Å²) in [4.78, 5) is 43.4. The van der Waals surface area contributed by atoms with Gasteiger partial charge in [-0.15, -0.1) is 10.2 Å². The molecule has 3 amide bonds. The number of nitrogens with zero attached hydrogens (tertiary/aromatic N) is 5. The van der Waals surface area contributed by atoms with Crippen LogP contribution in [0.2, 0.25) is 0 Å². The predicted octanol–water partition coefficient (Wildman–Crippen LogP) is 4.90. The van der Waals surface area contributed by atoms with Gasteiger partial charge in [0.2, 0.25) is 23.6 Å². The lowest BCUT2D eigenvalue weighted by atomic mass is 9.91. The van der Waals surface area contributed by atoms with Gasteiger partial charge < -0.3 is 29.6 Å². The predicted molar refractivity (Wildman–Crippen MR) is 186 cm³/mol. The normalized spacial score (nSPS) is 19.3. The Morgan fingerprint density at radius 3 is 2.49 bits per heavy atom. The van der Waals surface area contributed by atoms with E-state index in [0.717, 1.165) is 35.5 Å². The van der Waals surface area contributed by atoms with Gasteiger partial charge in [-0.3, -0.25) is 19.3 Å². The first-order valence-electron chi connectivity index (χ1n) is 16.8. The number of likely N-dealkylation sites (N-methyl/N-ethyl adjacent to an activating group) is 1. The average Bonchev–Trinajstić information content (AvgIpc) is 3.60. The number of piperazine rings is 1. The number of hydrogen-bond acceptors (Lipinski definition) is 9. The van der Waals surface area contributed by atoms with E-state index >= 15 is 0 Å². The maximum Gasteiger partial charge on any atom is 0.251 e. The van der Waals surface area contributed by atoms with E-state index in [1.54, 1.807) is 29.2 Å². The van der Waals surface area contributed by atoms with Crippen molar-refractivity contribution in [1.82, 2.24) is 25.3 Å². The minimum absolute atomic E-state index is 0.0597. The number of nitrogens with one attached hydrogen (secondary N) is 2. The fourth-order valence-electron chi connectivity index (χ4n) is 6.46. The van der Waals surface area contributed by atoms with Crippen LogP contribution in [0.1, 0.15) is 61.5 Å². The van der Waals surface area contributed by atoms with E-state index in [1.165, 1.54) is 0 Å². The lowest BCUT2D eigenvalue weighted by Gasteiger charge is -2.40. The Balaban J connectivity index is 0.987. The van der Waals surface area contributed by atoms with Crippen LogP contribution in [0.25, 0.3) is 11.5 Å². The molecule has 12 nitrogen and oxygen atoms in total. The van der Waals surface area contributed by atoms with Crippen molar-refractivity contribution in [3.63, 3.8) is 0 Å². The summed E-state index contributed by atoms with van der Waals surface area (Å²) >= 11 is 0. The molecule has 2 aliphatic rings. The van der Waals surface area contributed by atoms with E-state index in [2.05, 4.69) is 38.7 Å². The average molecular weight is 666 g/mol. The minimum atomic E-state index is -0.271. The Morgan fingerprint density at radius 1 is 0.980 bits per heavy atom. The Morgan fingerprint density at radius 2 is 1.73 bits per heavy atom. The number of amides is 3. The van der Waals surface area contributed by atoms with Gasteiger partial charge in [0, 0.05) is 61.6 Å². The van der Waals surface area contributed by atoms with Gasteiger partial charge in [-0.2, -0.15) is 0 Å². The summed E-state index contributed by atoms with van der Waals surface area (Å²) in [7, 11) is 1.83. The second-order valence-electron chi connectivity index (χ2n) is 12.6. The van der Waals surface area contributed by atoms with Crippen molar-refractivity contribution in [2.24, 2.45) is 0 Å². The monoisotopic (exact) mass is 665 g/mol. The minimum Gasteiger partial charge on any atom is -0.492 e. The first kappa shape index (κ1) is 33.7. The molecule has 2 aliphatic heterocycles. The Kier molecular flexibility index (Phi) is 10.2. The lowest BCUT2D eigenvalue weighted by Crippen LogP contribution is -2.55. The number of carbonyl (C=O) groups excluding carboxylic acids is 3. The van der Waals surface area contributed by atoms with Crippen molar-refractivity contribution in [2.45, 2.75) is 58.3 Å². The van der Waals surface area contributed by atoms with E-state index in [0.29, 0.717) is 49.2 Å². The summed E-state index contributed by atoms with van der Waals surface area (Å²) in [5.41, 5.74) is 4.24. The molecule has 1 fully saturated rings. The molecule has 3 atom stereocenters. The van der Waals surface area contributed by atoms with Gasteiger partial charge in [0.25, 0.3) is 5.91 Å². The second-order valence-corrected chi connectivity index (χ2v) is 12.6. The number of fused-ring (bicyclic) bond motifs is 1. The summed E-state index contributed by atoms with van der Waals surface area (Å²) in [6.07, 6.45) is 1.26. The molecule has 6 rings (SSSR count).